The fourth-order valence-electron chi connectivity index (χ4n) is 7.27. The first-order chi connectivity index (χ1) is 16.6. The average Bonchev–Trinajstić information content (AvgIpc) is 3.55. The van der Waals surface area contributed by atoms with Gasteiger partial charge >= 0.3 is 0 Å². The lowest BCUT2D eigenvalue weighted by Crippen LogP contribution is -2.61. The van der Waals surface area contributed by atoms with Crippen molar-refractivity contribution in [2.24, 2.45) is 5.92 Å². The molecule has 8 aliphatic heterocycles. The van der Waals surface area contributed by atoms with E-state index in [0.29, 0.717) is 32.0 Å². The Bertz CT molecular complexity index is 826. The van der Waals surface area contributed by atoms with Crippen molar-refractivity contribution in [2.45, 2.75) is 119 Å². The molecule has 0 aromatic rings. The molecule has 8 heterocycles. The van der Waals surface area contributed by atoms with E-state index in [4.69, 9.17) is 33.2 Å². The summed E-state index contributed by atoms with van der Waals surface area (Å²) in [4.78, 5) is 12.7. The summed E-state index contributed by atoms with van der Waals surface area (Å²) in [6.07, 6.45) is 6.24. The number of carbonyl (C=O) groups is 1. The molecule has 8 fully saturated rings. The standard InChI is InChI=1S/C26H36O8/c1-14-8-17(29-12-14)4-6-26-11-20-22(33-26)23-24(32-20)25(34-26)21-19(31-23)3-2-18(30-21)10-16(27)9-15-5-7-28-13-15/h15,17-25H,1-13H2/t15-,17-,18+,19-,20+,21?,22?,23?,24+,25-,26-/m0/s1. The van der Waals surface area contributed by atoms with Gasteiger partial charge < -0.3 is 33.2 Å². The summed E-state index contributed by atoms with van der Waals surface area (Å²) in [6.45, 7) is 6.18. The maximum absolute atomic E-state index is 12.7. The molecular weight excluding hydrogens is 440 g/mol. The van der Waals surface area contributed by atoms with Gasteiger partial charge in [0.25, 0.3) is 0 Å². The molecule has 11 atom stereocenters. The van der Waals surface area contributed by atoms with E-state index in [1.54, 1.807) is 0 Å². The van der Waals surface area contributed by atoms with Crippen LogP contribution in [0.5, 0.6) is 0 Å². The lowest BCUT2D eigenvalue weighted by molar-refractivity contribution is -0.292. The predicted molar refractivity (Wildman–Crippen MR) is 118 cm³/mol. The van der Waals surface area contributed by atoms with Crippen molar-refractivity contribution in [3.8, 4) is 0 Å². The van der Waals surface area contributed by atoms with Gasteiger partial charge in [-0.1, -0.05) is 6.58 Å². The molecule has 8 rings (SSSR count). The highest BCUT2D eigenvalue weighted by molar-refractivity contribution is 5.79. The van der Waals surface area contributed by atoms with Crippen molar-refractivity contribution >= 4 is 5.78 Å². The summed E-state index contributed by atoms with van der Waals surface area (Å²) in [6, 6.07) is 0. The van der Waals surface area contributed by atoms with Crippen LogP contribution in [-0.4, -0.2) is 86.3 Å². The summed E-state index contributed by atoms with van der Waals surface area (Å²) in [5.74, 6) is -0.0435. The summed E-state index contributed by atoms with van der Waals surface area (Å²) in [5, 5.41) is 0. The van der Waals surface area contributed by atoms with E-state index in [1.165, 1.54) is 0 Å². The number of ether oxygens (including phenoxy) is 7. The molecule has 8 heteroatoms. The van der Waals surface area contributed by atoms with E-state index in [2.05, 4.69) is 6.58 Å². The van der Waals surface area contributed by atoms with E-state index in [-0.39, 0.29) is 60.7 Å². The largest absolute Gasteiger partial charge is 0.381 e. The Morgan fingerprint density at radius 3 is 2.59 bits per heavy atom. The normalized spacial score (nSPS) is 51.1. The van der Waals surface area contributed by atoms with E-state index in [1.807, 2.05) is 0 Å². The van der Waals surface area contributed by atoms with Crippen LogP contribution in [0.2, 0.25) is 0 Å². The number of rotatable bonds is 7. The summed E-state index contributed by atoms with van der Waals surface area (Å²) >= 11 is 0. The Labute approximate surface area is 200 Å². The van der Waals surface area contributed by atoms with Crippen LogP contribution in [0.3, 0.4) is 0 Å². The minimum Gasteiger partial charge on any atom is -0.381 e. The van der Waals surface area contributed by atoms with Crippen molar-refractivity contribution in [3.05, 3.63) is 12.2 Å². The third-order valence-electron chi connectivity index (χ3n) is 8.91. The smallest absolute Gasteiger partial charge is 0.172 e. The molecular formula is C26H36O8. The van der Waals surface area contributed by atoms with Crippen molar-refractivity contribution in [1.82, 2.24) is 0 Å². The average molecular weight is 477 g/mol. The van der Waals surface area contributed by atoms with Crippen LogP contribution in [0, 0.1) is 5.92 Å². The quantitative estimate of drug-likeness (QED) is 0.519. The van der Waals surface area contributed by atoms with Gasteiger partial charge in [-0.25, -0.2) is 0 Å². The molecule has 8 saturated heterocycles. The molecule has 3 unspecified atom stereocenters. The predicted octanol–water partition coefficient (Wildman–Crippen LogP) is 2.46. The highest BCUT2D eigenvalue weighted by Crippen LogP contribution is 2.54. The number of hydrogen-bond donors (Lipinski definition) is 0. The van der Waals surface area contributed by atoms with Crippen LogP contribution >= 0.6 is 0 Å². The number of Topliss-reactive ketones (excluding diaryl/α,β-unsaturated/α-hetero) is 1. The van der Waals surface area contributed by atoms with Gasteiger partial charge in [0.1, 0.15) is 36.3 Å². The van der Waals surface area contributed by atoms with E-state index in [0.717, 1.165) is 57.1 Å². The van der Waals surface area contributed by atoms with Crippen LogP contribution < -0.4 is 0 Å². The highest BCUT2D eigenvalue weighted by atomic mass is 16.8. The molecule has 0 aromatic carbocycles. The first-order valence-electron chi connectivity index (χ1n) is 13.2. The first kappa shape index (κ1) is 22.3. The van der Waals surface area contributed by atoms with Crippen molar-refractivity contribution < 1.29 is 38.0 Å². The second-order valence-electron chi connectivity index (χ2n) is 11.5. The van der Waals surface area contributed by atoms with E-state index < -0.39 is 5.79 Å². The minimum atomic E-state index is -0.677. The Morgan fingerprint density at radius 1 is 0.912 bits per heavy atom. The topological polar surface area (TPSA) is 81.7 Å². The molecule has 0 saturated carbocycles. The number of hydrogen-bond acceptors (Lipinski definition) is 8. The molecule has 0 aromatic heterocycles. The van der Waals surface area contributed by atoms with Crippen molar-refractivity contribution in [1.29, 1.82) is 0 Å². The monoisotopic (exact) mass is 476 g/mol. The van der Waals surface area contributed by atoms with Crippen LogP contribution in [0.1, 0.15) is 57.8 Å². The zero-order chi connectivity index (χ0) is 22.9. The van der Waals surface area contributed by atoms with Crippen molar-refractivity contribution in [3.63, 3.8) is 0 Å². The molecule has 8 nitrogen and oxygen atoms in total. The summed E-state index contributed by atoms with van der Waals surface area (Å²) in [7, 11) is 0. The maximum Gasteiger partial charge on any atom is 0.172 e. The summed E-state index contributed by atoms with van der Waals surface area (Å²) < 4.78 is 44.2. The van der Waals surface area contributed by atoms with Crippen molar-refractivity contribution in [2.75, 3.05) is 19.8 Å². The zero-order valence-corrected chi connectivity index (χ0v) is 19.7. The third-order valence-corrected chi connectivity index (χ3v) is 8.91. The molecule has 8 aliphatic rings. The molecule has 6 bridgehead atoms. The Balaban J connectivity index is 1.04. The van der Waals surface area contributed by atoms with Crippen LogP contribution in [0.4, 0.5) is 0 Å². The molecule has 0 radical (unpaired) electrons. The lowest BCUT2D eigenvalue weighted by atomic mass is 9.86. The molecule has 0 N–H and O–H groups in total. The fourth-order valence-corrected chi connectivity index (χ4v) is 7.27. The minimum absolute atomic E-state index is 0.00520. The Morgan fingerprint density at radius 2 is 1.76 bits per heavy atom. The van der Waals surface area contributed by atoms with E-state index in [9.17, 15) is 4.79 Å². The fraction of sp³-hybridized carbons (Fsp3) is 0.885. The lowest BCUT2D eigenvalue weighted by Gasteiger charge is -2.47. The van der Waals surface area contributed by atoms with Gasteiger partial charge in [0.2, 0.25) is 0 Å². The molecule has 0 amide bonds. The third kappa shape index (κ3) is 3.90. The van der Waals surface area contributed by atoms with Gasteiger partial charge in [0, 0.05) is 38.9 Å². The van der Waals surface area contributed by atoms with E-state index >= 15 is 0 Å². The van der Waals surface area contributed by atoms with Crippen LogP contribution in [0.25, 0.3) is 0 Å². The highest BCUT2D eigenvalue weighted by Gasteiger charge is 2.68. The van der Waals surface area contributed by atoms with Gasteiger partial charge in [-0.2, -0.15) is 0 Å². The summed E-state index contributed by atoms with van der Waals surface area (Å²) in [5.41, 5.74) is 1.16. The van der Waals surface area contributed by atoms with Gasteiger partial charge in [-0.3, -0.25) is 4.79 Å². The number of ketones is 1. The zero-order valence-electron chi connectivity index (χ0n) is 19.7. The van der Waals surface area contributed by atoms with Crippen LogP contribution in [0.15, 0.2) is 12.2 Å². The Kier molecular flexibility index (Phi) is 5.66. The van der Waals surface area contributed by atoms with Gasteiger partial charge in [0.15, 0.2) is 5.79 Å². The maximum atomic E-state index is 12.7. The number of carbonyl (C=O) groups excluding carboxylic acids is 1. The SMILES string of the molecule is C=C1CO[C@@H](CC[C@@]23C[C@H]4O[C@@H]5C(O[C@H]6CC[C@H](CC(=O)C[C@@H]7CCOC7)OC6[C@@H]5O2)C4O3)C1. The van der Waals surface area contributed by atoms with Crippen LogP contribution in [-0.2, 0) is 38.0 Å². The molecule has 188 valence electrons. The molecule has 0 aliphatic carbocycles. The number of fused-ring (bicyclic) bond motifs is 1. The molecule has 34 heavy (non-hydrogen) atoms. The second-order valence-corrected chi connectivity index (χ2v) is 11.5. The molecule has 0 spiro atoms. The van der Waals surface area contributed by atoms with Gasteiger partial charge in [-0.15, -0.1) is 0 Å². The first-order valence-corrected chi connectivity index (χ1v) is 13.2. The second kappa shape index (κ2) is 8.61. The van der Waals surface area contributed by atoms with Gasteiger partial charge in [0.05, 0.1) is 31.0 Å². The Hall–Kier alpha value is -0.870. The van der Waals surface area contributed by atoms with Gasteiger partial charge in [-0.05, 0) is 43.6 Å².